The van der Waals surface area contributed by atoms with Crippen molar-refractivity contribution in [3.8, 4) is 5.75 Å². The third kappa shape index (κ3) is 7.34. The number of carbonyl (C=O) groups excluding carboxylic acids is 1. The van der Waals surface area contributed by atoms with E-state index < -0.39 is 0 Å². The van der Waals surface area contributed by atoms with Crippen LogP contribution < -0.4 is 9.64 Å². The van der Waals surface area contributed by atoms with Crippen molar-refractivity contribution in [2.75, 3.05) is 38.2 Å². The van der Waals surface area contributed by atoms with Crippen molar-refractivity contribution in [3.63, 3.8) is 0 Å². The number of halogens is 1. The fourth-order valence-corrected chi connectivity index (χ4v) is 5.39. The molecule has 33 heavy (non-hydrogen) atoms. The van der Waals surface area contributed by atoms with Gasteiger partial charge in [-0.05, 0) is 42.9 Å². The first kappa shape index (κ1) is 27.4. The normalized spacial score (nSPS) is 11.1. The van der Waals surface area contributed by atoms with Crippen LogP contribution in [0.1, 0.15) is 33.3 Å². The van der Waals surface area contributed by atoms with E-state index in [0.29, 0.717) is 18.2 Å². The van der Waals surface area contributed by atoms with Gasteiger partial charge in [-0.25, -0.2) is 4.98 Å². The van der Waals surface area contributed by atoms with E-state index in [4.69, 9.17) is 9.72 Å². The van der Waals surface area contributed by atoms with Crippen LogP contribution in [0.15, 0.2) is 47.4 Å². The zero-order chi connectivity index (χ0) is 23.1. The van der Waals surface area contributed by atoms with Crippen molar-refractivity contribution >= 4 is 56.8 Å². The molecule has 180 valence electrons. The first-order chi connectivity index (χ1) is 15.4. The Kier molecular flexibility index (Phi) is 11.0. The van der Waals surface area contributed by atoms with Gasteiger partial charge in [0.05, 0.1) is 18.2 Å². The number of benzene rings is 2. The van der Waals surface area contributed by atoms with Crippen molar-refractivity contribution in [3.05, 3.63) is 48.0 Å². The van der Waals surface area contributed by atoms with Crippen LogP contribution in [0.3, 0.4) is 0 Å². The molecule has 0 spiro atoms. The van der Waals surface area contributed by atoms with Crippen LogP contribution in [0.5, 0.6) is 5.75 Å². The van der Waals surface area contributed by atoms with Gasteiger partial charge in [0, 0.05) is 23.2 Å². The zero-order valence-electron chi connectivity index (χ0n) is 20.0. The van der Waals surface area contributed by atoms with E-state index in [2.05, 4.69) is 56.9 Å². The van der Waals surface area contributed by atoms with E-state index in [9.17, 15) is 4.79 Å². The summed E-state index contributed by atoms with van der Waals surface area (Å²) >= 11 is 3.37. The number of aromatic nitrogens is 1. The Morgan fingerprint density at radius 2 is 1.79 bits per heavy atom. The molecule has 1 aromatic heterocycles. The lowest BCUT2D eigenvalue weighted by Gasteiger charge is -2.24. The standard InChI is InChI=1S/C25H33N3O2S2.ClH/c1-6-27(7-2)15-16-28(25-26-24-21(30-5)9-8-10-22(24)32-25)23(29)17-19-11-13-20(14-12-19)31-18(3)4;/h8-14,18H,6-7,15-17H2,1-5H3;1H. The molecule has 0 aliphatic carbocycles. The lowest BCUT2D eigenvalue weighted by molar-refractivity contribution is -0.118. The summed E-state index contributed by atoms with van der Waals surface area (Å²) in [5.41, 5.74) is 1.83. The van der Waals surface area contributed by atoms with Crippen molar-refractivity contribution in [1.29, 1.82) is 0 Å². The third-order valence-electron chi connectivity index (χ3n) is 5.31. The zero-order valence-corrected chi connectivity index (χ0v) is 22.5. The molecule has 0 unspecified atom stereocenters. The predicted molar refractivity (Wildman–Crippen MR) is 145 cm³/mol. The SMILES string of the molecule is CCN(CC)CCN(C(=O)Cc1ccc(SC(C)C)cc1)c1nc2c(OC)cccc2s1.Cl. The largest absolute Gasteiger partial charge is 0.494 e. The van der Waals surface area contributed by atoms with E-state index >= 15 is 0 Å². The van der Waals surface area contributed by atoms with Gasteiger partial charge >= 0.3 is 0 Å². The number of amides is 1. The van der Waals surface area contributed by atoms with Gasteiger partial charge in [-0.2, -0.15) is 0 Å². The van der Waals surface area contributed by atoms with Gasteiger partial charge in [-0.15, -0.1) is 24.2 Å². The van der Waals surface area contributed by atoms with Crippen LogP contribution >= 0.6 is 35.5 Å². The summed E-state index contributed by atoms with van der Waals surface area (Å²) in [6, 6.07) is 14.2. The molecule has 0 atom stereocenters. The number of carbonyl (C=O) groups is 1. The first-order valence-corrected chi connectivity index (χ1v) is 12.9. The number of para-hydroxylation sites is 1. The Morgan fingerprint density at radius 3 is 2.39 bits per heavy atom. The monoisotopic (exact) mass is 507 g/mol. The van der Waals surface area contributed by atoms with E-state index in [-0.39, 0.29) is 18.3 Å². The highest BCUT2D eigenvalue weighted by atomic mass is 35.5. The summed E-state index contributed by atoms with van der Waals surface area (Å²) in [7, 11) is 1.65. The molecule has 3 aromatic rings. The Bertz CT molecular complexity index is 1020. The van der Waals surface area contributed by atoms with Crippen molar-refractivity contribution in [2.45, 2.75) is 44.3 Å². The number of thiazole rings is 1. The maximum absolute atomic E-state index is 13.4. The number of methoxy groups -OCH3 is 1. The molecular formula is C25H34ClN3O2S2. The van der Waals surface area contributed by atoms with Crippen LogP contribution in [0.2, 0.25) is 0 Å². The molecule has 2 aromatic carbocycles. The molecule has 5 nitrogen and oxygen atoms in total. The number of ether oxygens (including phenoxy) is 1. The molecule has 0 bridgehead atoms. The molecule has 0 aliphatic rings. The fourth-order valence-electron chi connectivity index (χ4n) is 3.53. The molecular weight excluding hydrogens is 474 g/mol. The highest BCUT2D eigenvalue weighted by Gasteiger charge is 2.21. The van der Waals surface area contributed by atoms with E-state index in [0.717, 1.165) is 46.3 Å². The maximum atomic E-state index is 13.4. The summed E-state index contributed by atoms with van der Waals surface area (Å²) in [4.78, 5) is 23.6. The van der Waals surface area contributed by atoms with Crippen molar-refractivity contribution in [1.82, 2.24) is 9.88 Å². The van der Waals surface area contributed by atoms with Gasteiger partial charge in [0.1, 0.15) is 11.3 Å². The second-order valence-electron chi connectivity index (χ2n) is 7.86. The Morgan fingerprint density at radius 1 is 1.09 bits per heavy atom. The first-order valence-electron chi connectivity index (χ1n) is 11.2. The van der Waals surface area contributed by atoms with Crippen molar-refractivity contribution in [2.24, 2.45) is 0 Å². The Hall–Kier alpha value is -1.80. The number of thioether (sulfide) groups is 1. The van der Waals surface area contributed by atoms with Gasteiger partial charge in [0.2, 0.25) is 5.91 Å². The van der Waals surface area contributed by atoms with E-state index in [1.54, 1.807) is 18.4 Å². The van der Waals surface area contributed by atoms with Crippen LogP contribution in [0.25, 0.3) is 10.2 Å². The lowest BCUT2D eigenvalue weighted by Crippen LogP contribution is -2.39. The van der Waals surface area contributed by atoms with Gasteiger partial charge in [0.25, 0.3) is 0 Å². The molecule has 1 heterocycles. The average Bonchev–Trinajstić information content (AvgIpc) is 3.21. The summed E-state index contributed by atoms with van der Waals surface area (Å²) in [6.07, 6.45) is 0.359. The molecule has 1 amide bonds. The predicted octanol–water partition coefficient (Wildman–Crippen LogP) is 6.14. The molecule has 3 rings (SSSR count). The van der Waals surface area contributed by atoms with Crippen molar-refractivity contribution < 1.29 is 9.53 Å². The topological polar surface area (TPSA) is 45.7 Å². The number of fused-ring (bicyclic) bond motifs is 1. The van der Waals surface area contributed by atoms with Gasteiger partial charge in [-0.1, -0.05) is 57.2 Å². The third-order valence-corrected chi connectivity index (χ3v) is 7.37. The number of rotatable bonds is 11. The Balaban J connectivity index is 0.00000385. The molecule has 0 saturated heterocycles. The molecule has 0 saturated carbocycles. The second kappa shape index (κ2) is 13.2. The van der Waals surface area contributed by atoms with Gasteiger partial charge < -0.3 is 9.64 Å². The summed E-state index contributed by atoms with van der Waals surface area (Å²) in [5.74, 6) is 0.804. The summed E-state index contributed by atoms with van der Waals surface area (Å²) < 4.78 is 6.50. The quantitative estimate of drug-likeness (QED) is 0.291. The minimum absolute atomic E-state index is 0. The minimum Gasteiger partial charge on any atom is -0.494 e. The van der Waals surface area contributed by atoms with Gasteiger partial charge in [0.15, 0.2) is 5.13 Å². The molecule has 0 fully saturated rings. The van der Waals surface area contributed by atoms with E-state index in [1.807, 2.05) is 34.9 Å². The van der Waals surface area contributed by atoms with Crippen LogP contribution in [0.4, 0.5) is 5.13 Å². The van der Waals surface area contributed by atoms with Gasteiger partial charge in [-0.3, -0.25) is 9.69 Å². The average molecular weight is 508 g/mol. The van der Waals surface area contributed by atoms with Crippen LogP contribution in [0, 0.1) is 0 Å². The highest BCUT2D eigenvalue weighted by molar-refractivity contribution is 7.99. The van der Waals surface area contributed by atoms with Crippen LogP contribution in [-0.4, -0.2) is 54.3 Å². The molecule has 0 radical (unpaired) electrons. The fraction of sp³-hybridized carbons (Fsp3) is 0.440. The maximum Gasteiger partial charge on any atom is 0.233 e. The Labute approximate surface area is 211 Å². The molecule has 8 heteroatoms. The number of nitrogens with zero attached hydrogens (tertiary/aromatic N) is 3. The molecule has 0 aliphatic heterocycles. The smallest absolute Gasteiger partial charge is 0.233 e. The highest BCUT2D eigenvalue weighted by Crippen LogP contribution is 2.34. The lowest BCUT2D eigenvalue weighted by atomic mass is 10.1. The number of likely N-dealkylation sites (N-methyl/N-ethyl adjacent to an activating group) is 1. The van der Waals surface area contributed by atoms with E-state index in [1.165, 1.54) is 4.90 Å². The van der Waals surface area contributed by atoms with Crippen LogP contribution in [-0.2, 0) is 11.2 Å². The number of anilines is 1. The number of hydrogen-bond donors (Lipinski definition) is 0. The second-order valence-corrected chi connectivity index (χ2v) is 10.5. The number of hydrogen-bond acceptors (Lipinski definition) is 6. The summed E-state index contributed by atoms with van der Waals surface area (Å²) in [6.45, 7) is 12.0. The minimum atomic E-state index is 0. The molecule has 0 N–H and O–H groups in total. The summed E-state index contributed by atoms with van der Waals surface area (Å²) in [5, 5.41) is 1.27.